The number of benzene rings is 1. The highest BCUT2D eigenvalue weighted by molar-refractivity contribution is 5.80. The standard InChI is InChI=1S/C19H25N5O/c1-13-9-24(10-14(2)25-13)18-17(21-12-19(3,4)11-20)22-15-7-5-6-8-16(15)23-18/h5-8,13-14H,9-10,12H2,1-4H3,(H,21,22). The van der Waals surface area contributed by atoms with Crippen LogP contribution in [-0.4, -0.2) is 41.8 Å². The molecule has 1 aromatic heterocycles. The van der Waals surface area contributed by atoms with E-state index in [-0.39, 0.29) is 12.2 Å². The highest BCUT2D eigenvalue weighted by Gasteiger charge is 2.27. The maximum Gasteiger partial charge on any atom is 0.172 e. The van der Waals surface area contributed by atoms with Crippen LogP contribution in [0, 0.1) is 16.7 Å². The van der Waals surface area contributed by atoms with Gasteiger partial charge in [0, 0.05) is 19.6 Å². The molecule has 2 atom stereocenters. The van der Waals surface area contributed by atoms with Gasteiger partial charge in [-0.1, -0.05) is 12.1 Å². The van der Waals surface area contributed by atoms with Crippen molar-refractivity contribution < 1.29 is 4.74 Å². The Labute approximate surface area is 148 Å². The van der Waals surface area contributed by atoms with E-state index in [1.54, 1.807) is 0 Å². The largest absolute Gasteiger partial charge is 0.372 e. The molecule has 1 saturated heterocycles. The monoisotopic (exact) mass is 339 g/mol. The molecule has 0 spiro atoms. The number of nitrogens with one attached hydrogen (secondary N) is 1. The van der Waals surface area contributed by atoms with Crippen molar-refractivity contribution in [1.82, 2.24) is 9.97 Å². The minimum absolute atomic E-state index is 0.139. The molecule has 1 aromatic carbocycles. The van der Waals surface area contributed by atoms with Gasteiger partial charge >= 0.3 is 0 Å². The van der Waals surface area contributed by atoms with Crippen molar-refractivity contribution in [2.75, 3.05) is 29.9 Å². The topological polar surface area (TPSA) is 74.1 Å². The van der Waals surface area contributed by atoms with Crippen LogP contribution in [0.2, 0.25) is 0 Å². The van der Waals surface area contributed by atoms with Crippen LogP contribution in [0.3, 0.4) is 0 Å². The van der Waals surface area contributed by atoms with E-state index in [2.05, 4.69) is 30.1 Å². The summed E-state index contributed by atoms with van der Waals surface area (Å²) >= 11 is 0. The second-order valence-corrected chi connectivity index (χ2v) is 7.40. The van der Waals surface area contributed by atoms with E-state index in [4.69, 9.17) is 14.7 Å². The zero-order chi connectivity index (χ0) is 18.0. The number of ether oxygens (including phenoxy) is 1. The molecule has 25 heavy (non-hydrogen) atoms. The molecular weight excluding hydrogens is 314 g/mol. The van der Waals surface area contributed by atoms with Crippen LogP contribution in [0.25, 0.3) is 11.0 Å². The first kappa shape index (κ1) is 17.4. The lowest BCUT2D eigenvalue weighted by Gasteiger charge is -2.36. The second kappa shape index (κ2) is 6.85. The van der Waals surface area contributed by atoms with Crippen molar-refractivity contribution in [2.24, 2.45) is 5.41 Å². The Morgan fingerprint density at radius 2 is 1.80 bits per heavy atom. The Kier molecular flexibility index (Phi) is 4.78. The maximum absolute atomic E-state index is 9.28. The third-order valence-corrected chi connectivity index (χ3v) is 4.27. The number of nitrogens with zero attached hydrogens (tertiary/aromatic N) is 4. The number of anilines is 2. The fraction of sp³-hybridized carbons (Fsp3) is 0.526. The zero-order valence-electron chi connectivity index (χ0n) is 15.3. The second-order valence-electron chi connectivity index (χ2n) is 7.40. The van der Waals surface area contributed by atoms with Crippen molar-refractivity contribution in [3.63, 3.8) is 0 Å². The van der Waals surface area contributed by atoms with Crippen LogP contribution in [0.1, 0.15) is 27.7 Å². The lowest BCUT2D eigenvalue weighted by molar-refractivity contribution is -0.00541. The first-order chi connectivity index (χ1) is 11.9. The molecule has 0 amide bonds. The van der Waals surface area contributed by atoms with Crippen molar-refractivity contribution in [1.29, 1.82) is 5.26 Å². The van der Waals surface area contributed by atoms with E-state index in [0.717, 1.165) is 35.8 Å². The highest BCUT2D eigenvalue weighted by atomic mass is 16.5. The smallest absolute Gasteiger partial charge is 0.172 e. The quantitative estimate of drug-likeness (QED) is 0.922. The number of nitriles is 1. The molecule has 0 radical (unpaired) electrons. The third-order valence-electron chi connectivity index (χ3n) is 4.27. The Hall–Kier alpha value is -2.39. The summed E-state index contributed by atoms with van der Waals surface area (Å²) in [6, 6.07) is 10.2. The molecule has 2 aromatic rings. The Morgan fingerprint density at radius 1 is 1.20 bits per heavy atom. The fourth-order valence-electron chi connectivity index (χ4n) is 3.02. The van der Waals surface area contributed by atoms with E-state index in [0.29, 0.717) is 6.54 Å². The van der Waals surface area contributed by atoms with Gasteiger partial charge in [0.1, 0.15) is 0 Å². The van der Waals surface area contributed by atoms with Gasteiger partial charge in [-0.3, -0.25) is 0 Å². The SMILES string of the molecule is CC1CN(c2nc3ccccc3nc2NCC(C)(C)C#N)CC(C)O1. The van der Waals surface area contributed by atoms with Gasteiger partial charge in [0.25, 0.3) is 0 Å². The molecule has 1 N–H and O–H groups in total. The Morgan fingerprint density at radius 3 is 2.40 bits per heavy atom. The summed E-state index contributed by atoms with van der Waals surface area (Å²) in [6.07, 6.45) is 0.279. The fourth-order valence-corrected chi connectivity index (χ4v) is 3.02. The number of hydrogen-bond acceptors (Lipinski definition) is 6. The summed E-state index contributed by atoms with van der Waals surface area (Å²) in [5, 5.41) is 12.6. The van der Waals surface area contributed by atoms with Crippen LogP contribution in [0.4, 0.5) is 11.6 Å². The molecule has 0 saturated carbocycles. The van der Waals surface area contributed by atoms with Crippen molar-refractivity contribution in [2.45, 2.75) is 39.9 Å². The molecule has 132 valence electrons. The molecule has 1 aliphatic heterocycles. The number of rotatable bonds is 4. The molecule has 2 heterocycles. The zero-order valence-corrected chi connectivity index (χ0v) is 15.3. The Balaban J connectivity index is 1.99. The molecule has 6 heteroatoms. The molecule has 1 fully saturated rings. The minimum Gasteiger partial charge on any atom is -0.372 e. The first-order valence-electron chi connectivity index (χ1n) is 8.70. The lowest BCUT2D eigenvalue weighted by Crippen LogP contribution is -2.46. The summed E-state index contributed by atoms with van der Waals surface area (Å²) < 4.78 is 5.84. The Bertz CT molecular complexity index is 788. The van der Waals surface area contributed by atoms with Crippen LogP contribution < -0.4 is 10.2 Å². The van der Waals surface area contributed by atoms with E-state index < -0.39 is 5.41 Å². The van der Waals surface area contributed by atoms with Gasteiger partial charge in [0.2, 0.25) is 0 Å². The molecule has 2 unspecified atom stereocenters. The average Bonchev–Trinajstić information content (AvgIpc) is 2.58. The molecule has 6 nitrogen and oxygen atoms in total. The van der Waals surface area contributed by atoms with Gasteiger partial charge in [0.15, 0.2) is 11.6 Å². The van der Waals surface area contributed by atoms with Gasteiger partial charge in [-0.2, -0.15) is 5.26 Å². The van der Waals surface area contributed by atoms with E-state index >= 15 is 0 Å². The van der Waals surface area contributed by atoms with Gasteiger partial charge in [-0.05, 0) is 39.8 Å². The summed E-state index contributed by atoms with van der Waals surface area (Å²) in [4.78, 5) is 11.9. The molecule has 3 rings (SSSR count). The van der Waals surface area contributed by atoms with Crippen molar-refractivity contribution >= 4 is 22.7 Å². The normalized spacial score (nSPS) is 21.2. The summed E-state index contributed by atoms with van der Waals surface area (Å²) in [6.45, 7) is 10.0. The maximum atomic E-state index is 9.28. The van der Waals surface area contributed by atoms with Crippen LogP contribution in [0.15, 0.2) is 24.3 Å². The third kappa shape index (κ3) is 3.99. The van der Waals surface area contributed by atoms with Gasteiger partial charge in [0.05, 0.1) is 34.7 Å². The molecule has 0 aliphatic carbocycles. The van der Waals surface area contributed by atoms with E-state index in [9.17, 15) is 5.26 Å². The van der Waals surface area contributed by atoms with E-state index in [1.165, 1.54) is 0 Å². The first-order valence-corrected chi connectivity index (χ1v) is 8.70. The number of aromatic nitrogens is 2. The van der Waals surface area contributed by atoms with Crippen molar-refractivity contribution in [3.8, 4) is 6.07 Å². The molecule has 0 bridgehead atoms. The van der Waals surface area contributed by atoms with Crippen LogP contribution >= 0.6 is 0 Å². The molecule has 1 aliphatic rings. The van der Waals surface area contributed by atoms with E-state index in [1.807, 2.05) is 38.1 Å². The van der Waals surface area contributed by atoms with Gasteiger partial charge in [-0.15, -0.1) is 0 Å². The minimum atomic E-state index is -0.476. The lowest BCUT2D eigenvalue weighted by atomic mass is 9.96. The van der Waals surface area contributed by atoms with Crippen LogP contribution in [0.5, 0.6) is 0 Å². The summed E-state index contributed by atoms with van der Waals surface area (Å²) in [5.74, 6) is 1.55. The summed E-state index contributed by atoms with van der Waals surface area (Å²) in [7, 11) is 0. The number of hydrogen-bond donors (Lipinski definition) is 1. The predicted octanol–water partition coefficient (Wildman–Crippen LogP) is 3.21. The van der Waals surface area contributed by atoms with Crippen LogP contribution in [-0.2, 0) is 4.74 Å². The van der Waals surface area contributed by atoms with Gasteiger partial charge in [-0.25, -0.2) is 9.97 Å². The number of para-hydroxylation sites is 2. The average molecular weight is 339 g/mol. The molecular formula is C19H25N5O. The van der Waals surface area contributed by atoms with Gasteiger partial charge < -0.3 is 15.0 Å². The number of fused-ring (bicyclic) bond motifs is 1. The summed E-state index contributed by atoms with van der Waals surface area (Å²) in [5.41, 5.74) is 1.24. The highest BCUT2D eigenvalue weighted by Crippen LogP contribution is 2.28. The number of morpholine rings is 1. The predicted molar refractivity (Wildman–Crippen MR) is 99.6 cm³/mol. The van der Waals surface area contributed by atoms with Crippen molar-refractivity contribution in [3.05, 3.63) is 24.3 Å².